The van der Waals surface area contributed by atoms with E-state index in [0.717, 1.165) is 45.4 Å². The Morgan fingerprint density at radius 3 is 2.15 bits per heavy atom. The van der Waals surface area contributed by atoms with Crippen LogP contribution in [0.2, 0.25) is 0 Å². The Morgan fingerprint density at radius 1 is 0.850 bits per heavy atom. The van der Waals surface area contributed by atoms with Gasteiger partial charge in [-0.05, 0) is 26.7 Å². The summed E-state index contributed by atoms with van der Waals surface area (Å²) >= 11 is 0. The van der Waals surface area contributed by atoms with Crippen LogP contribution in [-0.2, 0) is 4.79 Å². The lowest BCUT2D eigenvalue weighted by atomic mass is 10.1. The third-order valence-corrected chi connectivity index (χ3v) is 3.88. The average molecular weight is 284 g/mol. The Bertz CT molecular complexity index is 215. The summed E-state index contributed by atoms with van der Waals surface area (Å²) in [7, 11) is 0. The van der Waals surface area contributed by atoms with Gasteiger partial charge >= 0.3 is 0 Å². The molecule has 1 N–H and O–H groups in total. The van der Waals surface area contributed by atoms with Gasteiger partial charge in [-0.3, -0.25) is 4.79 Å². The van der Waals surface area contributed by atoms with E-state index in [1.54, 1.807) is 0 Å². The molecule has 0 heterocycles. The fraction of sp³-hybridized carbons (Fsp3) is 0.941. The lowest BCUT2D eigenvalue weighted by molar-refractivity contribution is -0.121. The van der Waals surface area contributed by atoms with Crippen LogP contribution in [-0.4, -0.2) is 32.1 Å². The minimum Gasteiger partial charge on any atom is -0.356 e. The summed E-state index contributed by atoms with van der Waals surface area (Å²) in [4.78, 5) is 14.0. The van der Waals surface area contributed by atoms with Crippen LogP contribution >= 0.6 is 0 Å². The van der Waals surface area contributed by atoms with E-state index in [9.17, 15) is 4.79 Å². The van der Waals surface area contributed by atoms with Gasteiger partial charge in [-0.2, -0.15) is 4.90 Å². The van der Waals surface area contributed by atoms with Gasteiger partial charge in [0.1, 0.15) is 19.6 Å². The summed E-state index contributed by atoms with van der Waals surface area (Å²) in [5, 5.41) is 3.04. The molecule has 0 fully saturated rings. The molecule has 0 saturated carbocycles. The van der Waals surface area contributed by atoms with Crippen molar-refractivity contribution < 1.29 is 4.79 Å². The molecule has 0 unspecified atom stereocenters. The first-order valence-corrected chi connectivity index (χ1v) is 8.73. The first kappa shape index (κ1) is 19.4. The lowest BCUT2D eigenvalue weighted by Crippen LogP contribution is -2.30. The number of rotatable bonds is 14. The summed E-state index contributed by atoms with van der Waals surface area (Å²) in [6.45, 7) is 10.8. The quantitative estimate of drug-likeness (QED) is 0.382. The predicted octanol–water partition coefficient (Wildman–Crippen LogP) is 3.81. The molecule has 0 aromatic heterocycles. The highest BCUT2D eigenvalue weighted by molar-refractivity contribution is 5.75. The van der Waals surface area contributed by atoms with E-state index in [1.165, 1.54) is 32.1 Å². The molecular weight excluding hydrogens is 248 g/mol. The minimum atomic E-state index is 0.234. The number of amides is 1. The molecule has 0 atom stereocenters. The van der Waals surface area contributed by atoms with E-state index in [0.29, 0.717) is 6.42 Å². The fourth-order valence-corrected chi connectivity index (χ4v) is 2.38. The van der Waals surface area contributed by atoms with E-state index in [-0.39, 0.29) is 5.91 Å². The largest absolute Gasteiger partial charge is 0.356 e. The lowest BCUT2D eigenvalue weighted by Gasteiger charge is -2.08. The molecule has 0 bridgehead atoms. The van der Waals surface area contributed by atoms with Gasteiger partial charge in [0, 0.05) is 19.4 Å². The second kappa shape index (κ2) is 14.8. The van der Waals surface area contributed by atoms with E-state index >= 15 is 0 Å². The van der Waals surface area contributed by atoms with Crippen LogP contribution in [0.15, 0.2) is 0 Å². The topological polar surface area (TPSA) is 35.0 Å². The maximum Gasteiger partial charge on any atom is 0.219 e. The van der Waals surface area contributed by atoms with Crippen LogP contribution in [0.3, 0.4) is 0 Å². The Kier molecular flexibility index (Phi) is 14.4. The van der Waals surface area contributed by atoms with Crippen molar-refractivity contribution in [2.24, 2.45) is 0 Å². The summed E-state index contributed by atoms with van der Waals surface area (Å²) in [5.74, 6) is 0.234. The Labute approximate surface area is 126 Å². The van der Waals surface area contributed by atoms with Crippen molar-refractivity contribution in [1.82, 2.24) is 10.2 Å². The normalized spacial score (nSPS) is 11.0. The number of unbranched alkanes of at least 4 members (excludes halogenated alkanes) is 6. The van der Waals surface area contributed by atoms with E-state index in [2.05, 4.69) is 31.0 Å². The number of nitrogens with zero attached hydrogens (tertiary/aromatic N) is 1. The molecule has 0 aliphatic heterocycles. The molecule has 0 rings (SSSR count). The Morgan fingerprint density at radius 2 is 1.50 bits per heavy atom. The number of carbonyl (C=O) groups excluding carboxylic acids is 1. The summed E-state index contributed by atoms with van der Waals surface area (Å²) in [6.07, 6.45) is 10.5. The number of hydrogen-bond donors (Lipinski definition) is 1. The number of carbonyl (C=O) groups is 1. The zero-order valence-electron chi connectivity index (χ0n) is 14.0. The van der Waals surface area contributed by atoms with Crippen molar-refractivity contribution in [3.8, 4) is 0 Å². The van der Waals surface area contributed by atoms with Gasteiger partial charge in [0.05, 0.1) is 0 Å². The fourth-order valence-electron chi connectivity index (χ4n) is 2.38. The maximum atomic E-state index is 11.6. The predicted molar refractivity (Wildman–Crippen MR) is 88.3 cm³/mol. The van der Waals surface area contributed by atoms with Crippen LogP contribution in [0.5, 0.6) is 0 Å². The minimum absolute atomic E-state index is 0.234. The van der Waals surface area contributed by atoms with E-state index in [1.807, 2.05) is 0 Å². The summed E-state index contributed by atoms with van der Waals surface area (Å²) in [6, 6.07) is 0. The van der Waals surface area contributed by atoms with Gasteiger partial charge in [0.25, 0.3) is 0 Å². The highest BCUT2D eigenvalue weighted by Crippen LogP contribution is 2.04. The monoisotopic (exact) mass is 284 g/mol. The van der Waals surface area contributed by atoms with Crippen LogP contribution < -0.4 is 10.2 Å². The molecule has 1 amide bonds. The molecule has 20 heavy (non-hydrogen) atoms. The zero-order chi connectivity index (χ0) is 15.1. The second-order valence-corrected chi connectivity index (χ2v) is 5.60. The highest BCUT2D eigenvalue weighted by atomic mass is 16.1. The molecule has 1 radical (unpaired) electrons. The SMILES string of the molecule is CCCCCCCCNC(=O)CCCC[N+](CC)CC. The standard InChI is InChI=1S/C17H36N2O/c1-4-7-8-9-10-12-15-18-17(20)14-11-13-16-19(5-2)6-3/h4-16H2,1-3H3,(H,18,20)/q+1. The molecule has 0 saturated heterocycles. The Balaban J connectivity index is 3.28. The van der Waals surface area contributed by atoms with Crippen molar-refractivity contribution in [3.05, 3.63) is 0 Å². The average Bonchev–Trinajstić information content (AvgIpc) is 2.46. The van der Waals surface area contributed by atoms with Crippen LogP contribution in [0, 0.1) is 0 Å². The van der Waals surface area contributed by atoms with Crippen molar-refractivity contribution in [2.45, 2.75) is 78.6 Å². The van der Waals surface area contributed by atoms with Crippen molar-refractivity contribution in [2.75, 3.05) is 26.2 Å². The first-order valence-electron chi connectivity index (χ1n) is 8.73. The molecule has 0 spiro atoms. The molecule has 0 aromatic carbocycles. The van der Waals surface area contributed by atoms with E-state index in [4.69, 9.17) is 0 Å². The second-order valence-electron chi connectivity index (χ2n) is 5.60. The van der Waals surface area contributed by atoms with Crippen LogP contribution in [0.4, 0.5) is 0 Å². The van der Waals surface area contributed by atoms with Crippen LogP contribution in [0.25, 0.3) is 0 Å². The van der Waals surface area contributed by atoms with Gasteiger partial charge in [-0.15, -0.1) is 0 Å². The van der Waals surface area contributed by atoms with Gasteiger partial charge < -0.3 is 5.32 Å². The van der Waals surface area contributed by atoms with Gasteiger partial charge in [-0.25, -0.2) is 0 Å². The molecule has 0 aliphatic carbocycles. The molecule has 119 valence electrons. The third kappa shape index (κ3) is 12.5. The highest BCUT2D eigenvalue weighted by Gasteiger charge is 2.08. The van der Waals surface area contributed by atoms with Gasteiger partial charge in [0.15, 0.2) is 0 Å². The molecular formula is C17H36N2O+. The molecule has 0 aliphatic rings. The molecule has 3 heteroatoms. The van der Waals surface area contributed by atoms with Crippen molar-refractivity contribution in [3.63, 3.8) is 0 Å². The number of nitrogens with one attached hydrogen (secondary N) is 1. The summed E-state index contributed by atoms with van der Waals surface area (Å²) < 4.78 is 0. The zero-order valence-corrected chi connectivity index (χ0v) is 14.0. The van der Waals surface area contributed by atoms with Gasteiger partial charge in [0.2, 0.25) is 5.91 Å². The molecule has 3 nitrogen and oxygen atoms in total. The first-order chi connectivity index (χ1) is 9.74. The smallest absolute Gasteiger partial charge is 0.219 e. The van der Waals surface area contributed by atoms with Crippen molar-refractivity contribution >= 4 is 5.91 Å². The van der Waals surface area contributed by atoms with Crippen molar-refractivity contribution in [1.29, 1.82) is 0 Å². The number of hydrogen-bond acceptors (Lipinski definition) is 2. The molecule has 0 aromatic rings. The van der Waals surface area contributed by atoms with E-state index < -0.39 is 0 Å². The van der Waals surface area contributed by atoms with Gasteiger partial charge in [-0.1, -0.05) is 39.0 Å². The summed E-state index contributed by atoms with van der Waals surface area (Å²) in [5.41, 5.74) is 0. The Hall–Kier alpha value is -0.570. The maximum absolute atomic E-state index is 11.6. The van der Waals surface area contributed by atoms with Crippen LogP contribution in [0.1, 0.15) is 78.6 Å². The third-order valence-electron chi connectivity index (χ3n) is 3.88.